The normalized spacial score (nSPS) is 14.7. The van der Waals surface area contributed by atoms with Gasteiger partial charge >= 0.3 is 0 Å². The SMILES string of the molecule is CN=C(NCCCOCC1CC1)NCc1cccc(OC)n1. The van der Waals surface area contributed by atoms with E-state index in [1.807, 2.05) is 18.2 Å². The zero-order chi connectivity index (χ0) is 15.6. The van der Waals surface area contributed by atoms with E-state index in [1.165, 1.54) is 12.8 Å². The first-order chi connectivity index (χ1) is 10.8. The quantitative estimate of drug-likeness (QED) is 0.412. The van der Waals surface area contributed by atoms with Gasteiger partial charge in [0, 0.05) is 32.9 Å². The Bertz CT molecular complexity index is 475. The molecule has 2 N–H and O–H groups in total. The van der Waals surface area contributed by atoms with E-state index in [1.54, 1.807) is 14.2 Å². The summed E-state index contributed by atoms with van der Waals surface area (Å²) in [5.74, 6) is 2.22. The maximum atomic E-state index is 5.60. The van der Waals surface area contributed by atoms with Crippen molar-refractivity contribution in [2.24, 2.45) is 10.9 Å². The highest BCUT2D eigenvalue weighted by molar-refractivity contribution is 5.79. The van der Waals surface area contributed by atoms with Gasteiger partial charge in [0.1, 0.15) is 0 Å². The Labute approximate surface area is 132 Å². The number of aliphatic imine (C=N–C) groups is 1. The van der Waals surface area contributed by atoms with E-state index in [4.69, 9.17) is 9.47 Å². The van der Waals surface area contributed by atoms with Crippen LogP contribution in [-0.2, 0) is 11.3 Å². The van der Waals surface area contributed by atoms with Crippen LogP contribution in [0.15, 0.2) is 23.2 Å². The Morgan fingerprint density at radius 2 is 2.23 bits per heavy atom. The van der Waals surface area contributed by atoms with Gasteiger partial charge in [-0.05, 0) is 31.2 Å². The highest BCUT2D eigenvalue weighted by Gasteiger charge is 2.20. The Morgan fingerprint density at radius 1 is 1.36 bits per heavy atom. The van der Waals surface area contributed by atoms with Crippen LogP contribution in [0.4, 0.5) is 0 Å². The molecule has 0 saturated heterocycles. The van der Waals surface area contributed by atoms with E-state index in [0.29, 0.717) is 12.4 Å². The number of methoxy groups -OCH3 is 1. The summed E-state index contributed by atoms with van der Waals surface area (Å²) in [6.45, 7) is 3.18. The lowest BCUT2D eigenvalue weighted by atomic mass is 10.3. The fourth-order valence-electron chi connectivity index (χ4n) is 1.98. The van der Waals surface area contributed by atoms with Crippen LogP contribution in [0.3, 0.4) is 0 Å². The Balaban J connectivity index is 1.59. The van der Waals surface area contributed by atoms with Crippen LogP contribution in [0.25, 0.3) is 0 Å². The van der Waals surface area contributed by atoms with Gasteiger partial charge in [-0.15, -0.1) is 0 Å². The number of ether oxygens (including phenoxy) is 2. The van der Waals surface area contributed by atoms with Gasteiger partial charge in [0.15, 0.2) is 5.96 Å². The standard InChI is InChI=1S/C16H26N4O2/c1-17-16(18-9-4-10-22-12-13-7-8-13)19-11-14-5-3-6-15(20-14)21-2/h3,5-6,13H,4,7-12H2,1-2H3,(H2,17,18,19). The number of rotatable bonds is 9. The molecular formula is C16H26N4O2. The maximum absolute atomic E-state index is 5.60. The topological polar surface area (TPSA) is 67.8 Å². The van der Waals surface area contributed by atoms with Crippen molar-refractivity contribution in [2.75, 3.05) is 33.9 Å². The minimum Gasteiger partial charge on any atom is -0.481 e. The summed E-state index contributed by atoms with van der Waals surface area (Å²) in [7, 11) is 3.38. The Morgan fingerprint density at radius 3 is 2.95 bits per heavy atom. The smallest absolute Gasteiger partial charge is 0.213 e. The van der Waals surface area contributed by atoms with Gasteiger partial charge in [-0.2, -0.15) is 0 Å². The molecule has 0 amide bonds. The summed E-state index contributed by atoms with van der Waals surface area (Å²) < 4.78 is 10.7. The summed E-state index contributed by atoms with van der Waals surface area (Å²) >= 11 is 0. The number of aromatic nitrogens is 1. The van der Waals surface area contributed by atoms with E-state index in [-0.39, 0.29) is 0 Å². The van der Waals surface area contributed by atoms with Crippen molar-refractivity contribution in [3.05, 3.63) is 23.9 Å². The lowest BCUT2D eigenvalue weighted by Crippen LogP contribution is -2.37. The van der Waals surface area contributed by atoms with Crippen molar-refractivity contribution in [3.63, 3.8) is 0 Å². The van der Waals surface area contributed by atoms with E-state index < -0.39 is 0 Å². The fraction of sp³-hybridized carbons (Fsp3) is 0.625. The number of pyridine rings is 1. The molecule has 1 fully saturated rings. The average Bonchev–Trinajstić information content (AvgIpc) is 3.38. The highest BCUT2D eigenvalue weighted by atomic mass is 16.5. The van der Waals surface area contributed by atoms with Crippen molar-refractivity contribution < 1.29 is 9.47 Å². The van der Waals surface area contributed by atoms with Crippen molar-refractivity contribution in [3.8, 4) is 5.88 Å². The van der Waals surface area contributed by atoms with Crippen LogP contribution in [-0.4, -0.2) is 44.9 Å². The van der Waals surface area contributed by atoms with Gasteiger partial charge in [-0.25, -0.2) is 4.98 Å². The van der Waals surface area contributed by atoms with Gasteiger partial charge in [0.05, 0.1) is 19.3 Å². The third-order valence-electron chi connectivity index (χ3n) is 3.46. The second kappa shape index (κ2) is 9.25. The van der Waals surface area contributed by atoms with Crippen molar-refractivity contribution in [2.45, 2.75) is 25.8 Å². The maximum Gasteiger partial charge on any atom is 0.213 e. The first kappa shape index (κ1) is 16.5. The van der Waals surface area contributed by atoms with Crippen LogP contribution in [0.1, 0.15) is 25.0 Å². The van der Waals surface area contributed by atoms with Gasteiger partial charge in [0.2, 0.25) is 5.88 Å². The largest absolute Gasteiger partial charge is 0.481 e. The molecule has 0 spiro atoms. The number of guanidine groups is 1. The fourth-order valence-corrected chi connectivity index (χ4v) is 1.98. The van der Waals surface area contributed by atoms with Crippen molar-refractivity contribution >= 4 is 5.96 Å². The van der Waals surface area contributed by atoms with Crippen LogP contribution >= 0.6 is 0 Å². The molecule has 0 unspecified atom stereocenters. The van der Waals surface area contributed by atoms with Crippen molar-refractivity contribution in [1.29, 1.82) is 0 Å². The second-order valence-corrected chi connectivity index (χ2v) is 5.40. The van der Waals surface area contributed by atoms with Crippen LogP contribution in [0.2, 0.25) is 0 Å². The first-order valence-corrected chi connectivity index (χ1v) is 7.84. The number of nitrogens with one attached hydrogen (secondary N) is 2. The van der Waals surface area contributed by atoms with E-state index in [9.17, 15) is 0 Å². The molecule has 6 nitrogen and oxygen atoms in total. The van der Waals surface area contributed by atoms with Gasteiger partial charge in [0.25, 0.3) is 0 Å². The molecular weight excluding hydrogens is 280 g/mol. The van der Waals surface area contributed by atoms with E-state index in [0.717, 1.165) is 43.8 Å². The van der Waals surface area contributed by atoms with Gasteiger partial charge < -0.3 is 20.1 Å². The molecule has 1 heterocycles. The second-order valence-electron chi connectivity index (χ2n) is 5.40. The van der Waals surface area contributed by atoms with Gasteiger partial charge in [-0.3, -0.25) is 4.99 Å². The molecule has 0 aliphatic heterocycles. The number of nitrogens with zero attached hydrogens (tertiary/aromatic N) is 2. The molecule has 0 atom stereocenters. The molecule has 22 heavy (non-hydrogen) atoms. The predicted octanol–water partition coefficient (Wildman–Crippen LogP) is 1.57. The minimum atomic E-state index is 0.606. The summed E-state index contributed by atoms with van der Waals surface area (Å²) in [6, 6.07) is 5.71. The lowest BCUT2D eigenvalue weighted by Gasteiger charge is -2.12. The van der Waals surface area contributed by atoms with E-state index >= 15 is 0 Å². The molecule has 6 heteroatoms. The Kier molecular flexibility index (Phi) is 6.96. The highest BCUT2D eigenvalue weighted by Crippen LogP contribution is 2.28. The zero-order valence-corrected chi connectivity index (χ0v) is 13.5. The van der Waals surface area contributed by atoms with Crippen LogP contribution in [0, 0.1) is 5.92 Å². The summed E-state index contributed by atoms with van der Waals surface area (Å²) in [4.78, 5) is 8.55. The average molecular weight is 306 g/mol. The molecule has 0 aromatic carbocycles. The van der Waals surface area contributed by atoms with Crippen molar-refractivity contribution in [1.82, 2.24) is 15.6 Å². The third-order valence-corrected chi connectivity index (χ3v) is 3.46. The lowest BCUT2D eigenvalue weighted by molar-refractivity contribution is 0.123. The molecule has 1 aliphatic carbocycles. The summed E-state index contributed by atoms with van der Waals surface area (Å²) in [5.41, 5.74) is 0.912. The molecule has 0 bridgehead atoms. The minimum absolute atomic E-state index is 0.606. The predicted molar refractivity (Wildman–Crippen MR) is 87.2 cm³/mol. The zero-order valence-electron chi connectivity index (χ0n) is 13.5. The molecule has 2 rings (SSSR count). The van der Waals surface area contributed by atoms with Crippen LogP contribution in [0.5, 0.6) is 5.88 Å². The molecule has 1 aromatic rings. The Hall–Kier alpha value is -1.82. The molecule has 0 radical (unpaired) electrons. The summed E-state index contributed by atoms with van der Waals surface area (Å²) in [5, 5.41) is 6.51. The van der Waals surface area contributed by atoms with E-state index in [2.05, 4.69) is 20.6 Å². The third kappa shape index (κ3) is 6.30. The number of hydrogen-bond donors (Lipinski definition) is 2. The number of hydrogen-bond acceptors (Lipinski definition) is 4. The van der Waals surface area contributed by atoms with Gasteiger partial charge in [-0.1, -0.05) is 6.07 Å². The summed E-state index contributed by atoms with van der Waals surface area (Å²) in [6.07, 6.45) is 3.66. The molecule has 1 aliphatic rings. The molecule has 1 saturated carbocycles. The first-order valence-electron chi connectivity index (χ1n) is 7.84. The molecule has 122 valence electrons. The molecule has 1 aromatic heterocycles. The monoisotopic (exact) mass is 306 g/mol. The van der Waals surface area contributed by atoms with Crippen LogP contribution < -0.4 is 15.4 Å².